The van der Waals surface area contributed by atoms with E-state index in [1.807, 2.05) is 0 Å². The van der Waals surface area contributed by atoms with Crippen LogP contribution in [-0.4, -0.2) is 45.2 Å². The van der Waals surface area contributed by atoms with Crippen molar-refractivity contribution in [2.45, 2.75) is 11.5 Å². The molecule has 3 N–H and O–H groups in total. The maximum absolute atomic E-state index is 12.2. The third-order valence-corrected chi connectivity index (χ3v) is 7.91. The van der Waals surface area contributed by atoms with Crippen molar-refractivity contribution in [1.29, 1.82) is 0 Å². The van der Waals surface area contributed by atoms with Crippen LogP contribution in [0.25, 0.3) is 0 Å². The highest BCUT2D eigenvalue weighted by Gasteiger charge is 2.63. The topological polar surface area (TPSA) is 117 Å². The molecule has 10 heteroatoms. The molecule has 0 aliphatic heterocycles. The molecular weight excluding hydrogens is 272 g/mol. The number of rotatable bonds is 8. The maximum atomic E-state index is 12.2. The van der Waals surface area contributed by atoms with Crippen molar-refractivity contribution >= 4 is 15.2 Å². The number of hydrogen-bond donors (Lipinski definition) is 2. The lowest BCUT2D eigenvalue weighted by Crippen LogP contribution is -2.34. The lowest BCUT2D eigenvalue weighted by molar-refractivity contribution is 0.0988. The van der Waals surface area contributed by atoms with Gasteiger partial charge in [-0.1, -0.05) is 0 Å². The molecule has 0 saturated carbocycles. The number of aliphatic hydroxyl groups is 1. The third kappa shape index (κ3) is 2.80. The third-order valence-electron chi connectivity index (χ3n) is 2.32. The van der Waals surface area contributed by atoms with E-state index >= 15 is 0 Å². The van der Waals surface area contributed by atoms with Crippen molar-refractivity contribution in [2.75, 3.05) is 35.0 Å². The molecule has 0 heterocycles. The Bertz CT molecular complexity index is 292. The average Bonchev–Trinajstić information content (AvgIpc) is 2.36. The summed E-state index contributed by atoms with van der Waals surface area (Å²) < 4.78 is 43.1. The molecule has 0 aliphatic rings. The first-order chi connectivity index (χ1) is 7.80. The van der Waals surface area contributed by atoms with E-state index in [0.717, 1.165) is 28.4 Å². The summed E-state index contributed by atoms with van der Waals surface area (Å²) in [5.41, 5.74) is 5.30. The fraction of sp³-hybridized carbons (Fsp3) is 1.00. The highest BCUT2D eigenvalue weighted by Crippen LogP contribution is 2.76. The zero-order valence-electron chi connectivity index (χ0n) is 10.3. The van der Waals surface area contributed by atoms with Crippen molar-refractivity contribution < 1.29 is 32.3 Å². The van der Waals surface area contributed by atoms with Gasteiger partial charge in [0.2, 0.25) is 0 Å². The Hall–Kier alpha value is 0.220. The molecule has 0 aliphatic carbocycles. The average molecular weight is 291 g/mol. The first-order valence-corrected chi connectivity index (χ1v) is 7.75. The van der Waals surface area contributed by atoms with Gasteiger partial charge in [-0.15, -0.1) is 0 Å². The van der Waals surface area contributed by atoms with Crippen molar-refractivity contribution in [3.05, 3.63) is 0 Å². The van der Waals surface area contributed by atoms with Crippen molar-refractivity contribution in [2.24, 2.45) is 5.73 Å². The van der Waals surface area contributed by atoms with Crippen LogP contribution in [0.1, 0.15) is 6.42 Å². The second kappa shape index (κ2) is 6.41. The molecule has 0 aromatic heterocycles. The molecule has 0 spiro atoms. The van der Waals surface area contributed by atoms with Crippen LogP contribution in [0.2, 0.25) is 0 Å². The molecule has 0 amide bonds. The molecule has 104 valence electrons. The van der Waals surface area contributed by atoms with E-state index in [0.29, 0.717) is 0 Å². The summed E-state index contributed by atoms with van der Waals surface area (Å²) in [5, 5.41) is 7.90. The molecule has 0 atom stereocenters. The van der Waals surface area contributed by atoms with Crippen LogP contribution in [0.4, 0.5) is 0 Å². The van der Waals surface area contributed by atoms with Crippen LogP contribution in [0.3, 0.4) is 0 Å². The Morgan fingerprint density at radius 3 is 1.47 bits per heavy atom. The van der Waals surface area contributed by atoms with Gasteiger partial charge in [-0.05, 0) is 6.54 Å². The highest BCUT2D eigenvalue weighted by atomic mass is 31.2. The first-order valence-electron chi connectivity index (χ1n) is 4.66. The van der Waals surface area contributed by atoms with Gasteiger partial charge in [-0.25, -0.2) is 0 Å². The summed E-state index contributed by atoms with van der Waals surface area (Å²) in [6, 6.07) is 0. The van der Waals surface area contributed by atoms with Crippen molar-refractivity contribution in [3.63, 3.8) is 0 Å². The van der Waals surface area contributed by atoms with Crippen LogP contribution in [0, 0.1) is 0 Å². The van der Waals surface area contributed by atoms with Gasteiger partial charge in [0.15, 0.2) is 0 Å². The van der Waals surface area contributed by atoms with Gasteiger partial charge in [0.25, 0.3) is 5.08 Å². The summed E-state index contributed by atoms with van der Waals surface area (Å²) in [7, 11) is -4.00. The zero-order chi connectivity index (χ0) is 13.7. The fourth-order valence-electron chi connectivity index (χ4n) is 1.35. The summed E-state index contributed by atoms with van der Waals surface area (Å²) in [6.07, 6.45) is -0.328. The second-order valence-corrected chi connectivity index (χ2v) is 8.32. The lowest BCUT2D eigenvalue weighted by atomic mass is 10.5. The summed E-state index contributed by atoms with van der Waals surface area (Å²) in [6.45, 7) is -0.107. The summed E-state index contributed by atoms with van der Waals surface area (Å²) in [5.74, 6) is 0. The van der Waals surface area contributed by atoms with Gasteiger partial charge in [0.1, 0.15) is 0 Å². The molecule has 8 nitrogen and oxygen atoms in total. The fourth-order valence-corrected chi connectivity index (χ4v) is 5.80. The molecule has 0 aromatic carbocycles. The number of nitrogens with two attached hydrogens (primary N) is 1. The van der Waals surface area contributed by atoms with Crippen molar-refractivity contribution in [1.82, 2.24) is 0 Å². The minimum Gasteiger partial charge on any atom is -0.367 e. The first kappa shape index (κ1) is 17.2. The van der Waals surface area contributed by atoms with Gasteiger partial charge in [0.05, 0.1) is 0 Å². The largest absolute Gasteiger partial charge is 0.374 e. The maximum Gasteiger partial charge on any atom is 0.374 e. The van der Waals surface area contributed by atoms with Gasteiger partial charge < -0.3 is 28.9 Å². The predicted molar refractivity (Wildman–Crippen MR) is 61.9 cm³/mol. The minimum absolute atomic E-state index is 0.107. The van der Waals surface area contributed by atoms with Crippen molar-refractivity contribution in [3.8, 4) is 0 Å². The second-order valence-electron chi connectivity index (χ2n) is 3.04. The van der Waals surface area contributed by atoms with Crippen LogP contribution in [0.5, 0.6) is 0 Å². The molecule has 0 rings (SSSR count). The van der Waals surface area contributed by atoms with Gasteiger partial charge >= 0.3 is 15.2 Å². The Kier molecular flexibility index (Phi) is 6.49. The van der Waals surface area contributed by atoms with E-state index in [4.69, 9.17) is 5.73 Å². The predicted octanol–water partition coefficient (Wildman–Crippen LogP) is 0.953. The SMILES string of the molecule is COP(=O)(OC)C(O)(CCN)P(=O)(OC)OC. The molecule has 0 unspecified atom stereocenters. The van der Waals surface area contributed by atoms with Gasteiger partial charge in [-0.3, -0.25) is 9.13 Å². The Labute approximate surface area is 100 Å². The zero-order valence-corrected chi connectivity index (χ0v) is 12.1. The van der Waals surface area contributed by atoms with Gasteiger partial charge in [-0.2, -0.15) is 0 Å². The highest BCUT2D eigenvalue weighted by molar-refractivity contribution is 7.73. The lowest BCUT2D eigenvalue weighted by Gasteiger charge is -2.36. The monoisotopic (exact) mass is 291 g/mol. The molecule has 17 heavy (non-hydrogen) atoms. The minimum atomic E-state index is -4.11. The van der Waals surface area contributed by atoms with Crippen LogP contribution < -0.4 is 5.73 Å². The molecule has 0 fully saturated rings. The molecule has 0 bridgehead atoms. The normalized spacial score (nSPS) is 14.0. The summed E-state index contributed by atoms with van der Waals surface area (Å²) >= 11 is 0. The molecule has 0 saturated heterocycles. The Morgan fingerprint density at radius 1 is 1.00 bits per heavy atom. The van der Waals surface area contributed by atoms with Crippen LogP contribution in [-0.2, 0) is 27.2 Å². The standard InChI is InChI=1S/C7H19NO7P2/c1-12-16(10,13-2)7(9,5-6-8)17(11,14-3)15-4/h9H,5-6,8H2,1-4H3. The van der Waals surface area contributed by atoms with E-state index in [2.05, 4.69) is 18.1 Å². The molecular formula is C7H19NO7P2. The van der Waals surface area contributed by atoms with E-state index < -0.39 is 20.3 Å². The summed E-state index contributed by atoms with van der Waals surface area (Å²) in [4.78, 5) is 0. The molecule has 0 aromatic rings. The van der Waals surface area contributed by atoms with Gasteiger partial charge in [0, 0.05) is 34.9 Å². The van der Waals surface area contributed by atoms with Crippen LogP contribution in [0.15, 0.2) is 0 Å². The van der Waals surface area contributed by atoms with Crippen LogP contribution >= 0.6 is 15.2 Å². The smallest absolute Gasteiger partial charge is 0.367 e. The quantitative estimate of drug-likeness (QED) is 0.635. The Morgan fingerprint density at radius 2 is 1.29 bits per heavy atom. The number of hydrogen-bond acceptors (Lipinski definition) is 8. The van der Waals surface area contributed by atoms with E-state index in [1.54, 1.807) is 0 Å². The van der Waals surface area contributed by atoms with E-state index in [-0.39, 0.29) is 13.0 Å². The van der Waals surface area contributed by atoms with E-state index in [9.17, 15) is 14.2 Å². The van der Waals surface area contributed by atoms with E-state index in [1.165, 1.54) is 0 Å². The molecule has 0 radical (unpaired) electrons. The Balaban J connectivity index is 5.75.